The molecule has 15 heavy (non-hydrogen) atoms. The topological polar surface area (TPSA) is 41.5 Å². The molecular formula is C12H17NO2. The highest BCUT2D eigenvalue weighted by Crippen LogP contribution is 2.22. The van der Waals surface area contributed by atoms with Crippen LogP contribution in [0, 0.1) is 0 Å². The fourth-order valence-corrected chi connectivity index (χ4v) is 1.85. The Balaban J connectivity index is 2.05. The van der Waals surface area contributed by atoms with E-state index >= 15 is 0 Å². The highest BCUT2D eigenvalue weighted by Gasteiger charge is 2.36. The van der Waals surface area contributed by atoms with E-state index in [4.69, 9.17) is 4.74 Å². The predicted molar refractivity (Wildman–Crippen MR) is 59.0 cm³/mol. The number of β-amino-alcohol motifs (C(OH)–C–C–N with tert-alkyl or cyclic N) is 1. The quantitative estimate of drug-likeness (QED) is 0.765. The maximum Gasteiger partial charge on any atom is 0.129 e. The standard InChI is InChI=1S/C12H17NO2/c1-12(14)9-13-8-7-11(12)15-10-5-3-2-4-6-10/h2-6,11,13-14H,7-9H2,1H3/t11-,12-/m0/s1. The Kier molecular flexibility index (Phi) is 2.93. The summed E-state index contributed by atoms with van der Waals surface area (Å²) in [5, 5.41) is 13.3. The normalized spacial score (nSPS) is 31.2. The van der Waals surface area contributed by atoms with Crippen molar-refractivity contribution < 1.29 is 9.84 Å². The minimum Gasteiger partial charge on any atom is -0.487 e. The molecular weight excluding hydrogens is 190 g/mol. The van der Waals surface area contributed by atoms with Gasteiger partial charge in [-0.05, 0) is 32.0 Å². The molecule has 0 amide bonds. The van der Waals surface area contributed by atoms with Crippen LogP contribution in [0.25, 0.3) is 0 Å². The summed E-state index contributed by atoms with van der Waals surface area (Å²) in [5.74, 6) is 0.824. The third kappa shape index (κ3) is 2.49. The molecule has 2 rings (SSSR count). The maximum atomic E-state index is 10.1. The second kappa shape index (κ2) is 4.21. The lowest BCUT2D eigenvalue weighted by molar-refractivity contribution is -0.0634. The number of hydrogen-bond donors (Lipinski definition) is 2. The third-order valence-electron chi connectivity index (χ3n) is 2.78. The Morgan fingerprint density at radius 2 is 2.13 bits per heavy atom. The number of benzene rings is 1. The molecule has 1 aromatic carbocycles. The molecule has 3 nitrogen and oxygen atoms in total. The van der Waals surface area contributed by atoms with Crippen molar-refractivity contribution in [3.05, 3.63) is 30.3 Å². The first-order valence-electron chi connectivity index (χ1n) is 5.33. The lowest BCUT2D eigenvalue weighted by atomic mass is 9.93. The molecule has 0 bridgehead atoms. The van der Waals surface area contributed by atoms with Crippen LogP contribution in [0.2, 0.25) is 0 Å². The van der Waals surface area contributed by atoms with Gasteiger partial charge in [0.05, 0.1) is 0 Å². The van der Waals surface area contributed by atoms with Gasteiger partial charge in [-0.25, -0.2) is 0 Å². The lowest BCUT2D eigenvalue weighted by Gasteiger charge is -2.37. The number of ether oxygens (including phenoxy) is 1. The summed E-state index contributed by atoms with van der Waals surface area (Å²) in [7, 11) is 0. The summed E-state index contributed by atoms with van der Waals surface area (Å²) in [4.78, 5) is 0. The highest BCUT2D eigenvalue weighted by atomic mass is 16.5. The molecule has 0 aliphatic carbocycles. The Bertz CT molecular complexity index is 311. The second-order valence-corrected chi connectivity index (χ2v) is 4.24. The Morgan fingerprint density at radius 1 is 1.40 bits per heavy atom. The Hall–Kier alpha value is -1.06. The number of nitrogens with one attached hydrogen (secondary N) is 1. The van der Waals surface area contributed by atoms with E-state index in [1.54, 1.807) is 0 Å². The first-order chi connectivity index (χ1) is 7.18. The average Bonchev–Trinajstić information content (AvgIpc) is 2.23. The first-order valence-corrected chi connectivity index (χ1v) is 5.33. The number of rotatable bonds is 2. The minimum absolute atomic E-state index is 0.124. The number of para-hydroxylation sites is 1. The zero-order valence-electron chi connectivity index (χ0n) is 8.94. The van der Waals surface area contributed by atoms with E-state index in [-0.39, 0.29) is 6.10 Å². The van der Waals surface area contributed by atoms with E-state index < -0.39 is 5.60 Å². The Morgan fingerprint density at radius 3 is 2.80 bits per heavy atom. The molecule has 1 fully saturated rings. The van der Waals surface area contributed by atoms with Crippen LogP contribution >= 0.6 is 0 Å². The molecule has 1 aromatic rings. The third-order valence-corrected chi connectivity index (χ3v) is 2.78. The van der Waals surface area contributed by atoms with Crippen LogP contribution in [0.1, 0.15) is 13.3 Å². The fraction of sp³-hybridized carbons (Fsp3) is 0.500. The van der Waals surface area contributed by atoms with Crippen molar-refractivity contribution in [2.75, 3.05) is 13.1 Å². The van der Waals surface area contributed by atoms with Crippen molar-refractivity contribution in [3.8, 4) is 5.75 Å². The van der Waals surface area contributed by atoms with Gasteiger partial charge in [-0.3, -0.25) is 0 Å². The minimum atomic E-state index is -0.784. The second-order valence-electron chi connectivity index (χ2n) is 4.24. The van der Waals surface area contributed by atoms with Crippen LogP contribution in [0.4, 0.5) is 0 Å². The monoisotopic (exact) mass is 207 g/mol. The summed E-state index contributed by atoms with van der Waals surface area (Å²) in [6.45, 7) is 3.30. The van der Waals surface area contributed by atoms with Crippen molar-refractivity contribution in [2.45, 2.75) is 25.0 Å². The molecule has 1 aliphatic heterocycles. The Labute approximate surface area is 90.1 Å². The largest absolute Gasteiger partial charge is 0.487 e. The summed E-state index contributed by atoms with van der Waals surface area (Å²) in [6.07, 6.45) is 0.711. The van der Waals surface area contributed by atoms with Crippen LogP contribution in [0.15, 0.2) is 30.3 Å². The molecule has 0 aromatic heterocycles. The van der Waals surface area contributed by atoms with Gasteiger partial charge in [0.15, 0.2) is 0 Å². The molecule has 2 N–H and O–H groups in total. The molecule has 3 heteroatoms. The van der Waals surface area contributed by atoms with Gasteiger partial charge in [-0.1, -0.05) is 18.2 Å². The molecule has 1 saturated heterocycles. The van der Waals surface area contributed by atoms with Crippen LogP contribution in [-0.4, -0.2) is 29.9 Å². The van der Waals surface area contributed by atoms with Crippen molar-refractivity contribution in [2.24, 2.45) is 0 Å². The van der Waals surface area contributed by atoms with Gasteiger partial charge in [0.2, 0.25) is 0 Å². The number of hydrogen-bond acceptors (Lipinski definition) is 3. The van der Waals surface area contributed by atoms with Gasteiger partial charge >= 0.3 is 0 Å². The molecule has 0 spiro atoms. The van der Waals surface area contributed by atoms with Crippen LogP contribution in [0.5, 0.6) is 5.75 Å². The van der Waals surface area contributed by atoms with Gasteiger partial charge < -0.3 is 15.2 Å². The molecule has 2 atom stereocenters. The average molecular weight is 207 g/mol. The lowest BCUT2D eigenvalue weighted by Crippen LogP contribution is -2.55. The first kappa shape index (κ1) is 10.5. The summed E-state index contributed by atoms with van der Waals surface area (Å²) < 4.78 is 5.78. The van der Waals surface area contributed by atoms with Crippen molar-refractivity contribution in [1.82, 2.24) is 5.32 Å². The molecule has 1 heterocycles. The van der Waals surface area contributed by atoms with Gasteiger partial charge in [0.1, 0.15) is 17.5 Å². The number of piperidine rings is 1. The molecule has 0 unspecified atom stereocenters. The molecule has 82 valence electrons. The zero-order chi connectivity index (χ0) is 10.7. The van der Waals surface area contributed by atoms with E-state index in [1.807, 2.05) is 37.3 Å². The van der Waals surface area contributed by atoms with E-state index in [0.717, 1.165) is 18.7 Å². The van der Waals surface area contributed by atoms with Crippen molar-refractivity contribution >= 4 is 0 Å². The van der Waals surface area contributed by atoms with Crippen LogP contribution in [0.3, 0.4) is 0 Å². The van der Waals surface area contributed by atoms with Crippen molar-refractivity contribution in [3.63, 3.8) is 0 Å². The molecule has 0 saturated carbocycles. The van der Waals surface area contributed by atoms with Gasteiger partial charge in [-0.15, -0.1) is 0 Å². The summed E-state index contributed by atoms with van der Waals surface area (Å²) in [5.41, 5.74) is -0.784. The molecule has 1 aliphatic rings. The van der Waals surface area contributed by atoms with Gasteiger partial charge in [0, 0.05) is 6.54 Å². The van der Waals surface area contributed by atoms with E-state index in [0.29, 0.717) is 6.54 Å². The van der Waals surface area contributed by atoms with Crippen LogP contribution in [-0.2, 0) is 0 Å². The fourth-order valence-electron chi connectivity index (χ4n) is 1.85. The summed E-state index contributed by atoms with van der Waals surface area (Å²) in [6, 6.07) is 9.65. The van der Waals surface area contributed by atoms with E-state index in [1.165, 1.54) is 0 Å². The van der Waals surface area contributed by atoms with Gasteiger partial charge in [-0.2, -0.15) is 0 Å². The highest BCUT2D eigenvalue weighted by molar-refractivity contribution is 5.21. The SMILES string of the molecule is C[C@]1(O)CNCC[C@@H]1Oc1ccccc1. The van der Waals surface area contributed by atoms with E-state index in [9.17, 15) is 5.11 Å². The molecule has 0 radical (unpaired) electrons. The van der Waals surface area contributed by atoms with Gasteiger partial charge in [0.25, 0.3) is 0 Å². The maximum absolute atomic E-state index is 10.1. The smallest absolute Gasteiger partial charge is 0.129 e. The zero-order valence-corrected chi connectivity index (χ0v) is 8.94. The summed E-state index contributed by atoms with van der Waals surface area (Å²) >= 11 is 0. The predicted octanol–water partition coefficient (Wildman–Crippen LogP) is 1.18. The number of aliphatic hydroxyl groups is 1. The van der Waals surface area contributed by atoms with Crippen molar-refractivity contribution in [1.29, 1.82) is 0 Å². The van der Waals surface area contributed by atoms with E-state index in [2.05, 4.69) is 5.32 Å². The van der Waals surface area contributed by atoms with Crippen LogP contribution < -0.4 is 10.1 Å².